The zero-order valence-corrected chi connectivity index (χ0v) is 6.25. The monoisotopic (exact) mass is 160 g/mol. The van der Waals surface area contributed by atoms with Crippen LogP contribution in [0.5, 0.6) is 0 Å². The molecule has 0 saturated carbocycles. The van der Waals surface area contributed by atoms with Gasteiger partial charge in [0, 0.05) is 13.8 Å². The van der Waals surface area contributed by atoms with Gasteiger partial charge in [-0.3, -0.25) is 9.53 Å². The predicted octanol–water partition coefficient (Wildman–Crippen LogP) is -0.0460. The molecular formula is C6H8O5. The van der Waals surface area contributed by atoms with Crippen molar-refractivity contribution in [2.45, 2.75) is 25.6 Å². The molecule has 0 aliphatic carbocycles. The van der Waals surface area contributed by atoms with Crippen LogP contribution in [-0.4, -0.2) is 24.2 Å². The van der Waals surface area contributed by atoms with Gasteiger partial charge in [-0.05, 0) is 0 Å². The van der Waals surface area contributed by atoms with Crippen molar-refractivity contribution in [3.63, 3.8) is 0 Å². The molecule has 0 radical (unpaired) electrons. The summed E-state index contributed by atoms with van der Waals surface area (Å²) in [5, 5.41) is 0. The number of fused-ring (bicyclic) bond motifs is 2. The number of ether oxygens (including phenoxy) is 2. The minimum atomic E-state index is -1.27. The molecule has 11 heavy (non-hydrogen) atoms. The van der Waals surface area contributed by atoms with E-state index in [1.807, 2.05) is 0 Å². The fourth-order valence-electron chi connectivity index (χ4n) is 1.03. The molecule has 0 aromatic heterocycles. The van der Waals surface area contributed by atoms with Crippen LogP contribution in [-0.2, 0) is 24.0 Å². The Morgan fingerprint density at radius 2 is 2.09 bits per heavy atom. The quantitative estimate of drug-likeness (QED) is 0.465. The first-order chi connectivity index (χ1) is 5.04. The van der Waals surface area contributed by atoms with E-state index in [1.165, 1.54) is 6.92 Å². The van der Waals surface area contributed by atoms with E-state index in [0.29, 0.717) is 0 Å². The number of carbonyl (C=O) groups excluding carboxylic acids is 1. The number of hydrogen-bond donors (Lipinski definition) is 0. The molecule has 0 spiro atoms. The van der Waals surface area contributed by atoms with Crippen molar-refractivity contribution in [1.29, 1.82) is 0 Å². The summed E-state index contributed by atoms with van der Waals surface area (Å²) in [4.78, 5) is 20.4. The SMILES string of the molecule is C[C@@]12OCC(=O)[C@@](C)(OO1)O2. The Kier molecular flexibility index (Phi) is 1.18. The van der Waals surface area contributed by atoms with Crippen LogP contribution in [0.25, 0.3) is 0 Å². The maximum absolute atomic E-state index is 11.1. The summed E-state index contributed by atoms with van der Waals surface area (Å²) in [5.41, 5.74) is 0. The third-order valence-electron chi connectivity index (χ3n) is 1.70. The second-order valence-electron chi connectivity index (χ2n) is 2.79. The average Bonchev–Trinajstić information content (AvgIpc) is 2.20. The Hall–Kier alpha value is -0.490. The lowest BCUT2D eigenvalue weighted by Crippen LogP contribution is -2.48. The largest absolute Gasteiger partial charge is 0.318 e. The van der Waals surface area contributed by atoms with Gasteiger partial charge >= 0.3 is 5.97 Å². The summed E-state index contributed by atoms with van der Waals surface area (Å²) >= 11 is 0. The molecule has 0 aromatic rings. The predicted molar refractivity (Wildman–Crippen MR) is 31.0 cm³/mol. The van der Waals surface area contributed by atoms with Crippen LogP contribution >= 0.6 is 0 Å². The highest BCUT2D eigenvalue weighted by Gasteiger charge is 2.57. The van der Waals surface area contributed by atoms with Gasteiger partial charge in [-0.15, -0.1) is 0 Å². The normalized spacial score (nSPS) is 49.8. The van der Waals surface area contributed by atoms with E-state index in [1.54, 1.807) is 6.92 Å². The van der Waals surface area contributed by atoms with Crippen LogP contribution in [0.15, 0.2) is 0 Å². The highest BCUT2D eigenvalue weighted by Crippen LogP contribution is 2.37. The van der Waals surface area contributed by atoms with Gasteiger partial charge in [0.2, 0.25) is 5.78 Å². The maximum atomic E-state index is 11.1. The average molecular weight is 160 g/mol. The molecule has 2 rings (SSSR count). The van der Waals surface area contributed by atoms with Gasteiger partial charge in [-0.25, -0.2) is 0 Å². The van der Waals surface area contributed by atoms with Crippen LogP contribution in [0.4, 0.5) is 0 Å². The molecule has 5 nitrogen and oxygen atoms in total. The van der Waals surface area contributed by atoms with E-state index in [-0.39, 0.29) is 12.4 Å². The number of carbonyl (C=O) groups is 1. The van der Waals surface area contributed by atoms with E-state index in [4.69, 9.17) is 9.47 Å². The number of ketones is 1. The summed E-state index contributed by atoms with van der Waals surface area (Å²) in [6.07, 6.45) is 0. The molecule has 0 amide bonds. The van der Waals surface area contributed by atoms with Crippen molar-refractivity contribution in [2.24, 2.45) is 0 Å². The van der Waals surface area contributed by atoms with Crippen LogP contribution < -0.4 is 0 Å². The molecule has 0 aromatic carbocycles. The van der Waals surface area contributed by atoms with Crippen molar-refractivity contribution in [1.82, 2.24) is 0 Å². The van der Waals surface area contributed by atoms with Crippen LogP contribution in [0.2, 0.25) is 0 Å². The summed E-state index contributed by atoms with van der Waals surface area (Å²) < 4.78 is 9.98. The molecule has 0 unspecified atom stereocenters. The summed E-state index contributed by atoms with van der Waals surface area (Å²) in [6.45, 7) is 3.01. The number of Topliss-reactive ketones (excluding diaryl/α,β-unsaturated/α-hetero) is 1. The Morgan fingerprint density at radius 3 is 2.73 bits per heavy atom. The Balaban J connectivity index is 2.30. The lowest BCUT2D eigenvalue weighted by molar-refractivity contribution is -0.400. The van der Waals surface area contributed by atoms with Gasteiger partial charge in [-0.1, -0.05) is 0 Å². The van der Waals surface area contributed by atoms with Crippen molar-refractivity contribution >= 4 is 5.78 Å². The van der Waals surface area contributed by atoms with Gasteiger partial charge in [0.25, 0.3) is 5.79 Å². The van der Waals surface area contributed by atoms with E-state index in [9.17, 15) is 4.79 Å². The van der Waals surface area contributed by atoms with E-state index in [0.717, 1.165) is 0 Å². The van der Waals surface area contributed by atoms with Gasteiger partial charge in [0.05, 0.1) is 0 Å². The van der Waals surface area contributed by atoms with Gasteiger partial charge in [-0.2, -0.15) is 9.78 Å². The van der Waals surface area contributed by atoms with Crippen LogP contribution in [0, 0.1) is 0 Å². The first-order valence-corrected chi connectivity index (χ1v) is 3.28. The van der Waals surface area contributed by atoms with Crippen LogP contribution in [0.1, 0.15) is 13.8 Å². The second-order valence-corrected chi connectivity index (χ2v) is 2.79. The molecule has 2 heterocycles. The fourth-order valence-corrected chi connectivity index (χ4v) is 1.03. The number of rotatable bonds is 0. The highest BCUT2D eigenvalue weighted by molar-refractivity contribution is 5.87. The van der Waals surface area contributed by atoms with Crippen molar-refractivity contribution < 1.29 is 24.0 Å². The fraction of sp³-hybridized carbons (Fsp3) is 0.833. The van der Waals surface area contributed by atoms with E-state index < -0.39 is 11.8 Å². The lowest BCUT2D eigenvalue weighted by Gasteiger charge is -2.27. The topological polar surface area (TPSA) is 54.0 Å². The third-order valence-corrected chi connectivity index (χ3v) is 1.70. The molecular weight excluding hydrogens is 152 g/mol. The Labute approximate surface area is 63.1 Å². The van der Waals surface area contributed by atoms with Crippen molar-refractivity contribution in [3.8, 4) is 0 Å². The lowest BCUT2D eigenvalue weighted by atomic mass is 10.2. The summed E-state index contributed by atoms with van der Waals surface area (Å²) in [6, 6.07) is 0. The first kappa shape index (κ1) is 7.17. The maximum Gasteiger partial charge on any atom is 0.312 e. The minimum Gasteiger partial charge on any atom is -0.318 e. The third kappa shape index (κ3) is 0.893. The standard InChI is InChI=1S/C6H8O5/c1-5-4(7)3-8-6(2,9-5)11-10-5/h3H2,1-2H3/t5-,6+/m1/s1. The molecule has 5 heteroatoms. The summed E-state index contributed by atoms with van der Waals surface area (Å²) in [7, 11) is 0. The van der Waals surface area contributed by atoms with Crippen LogP contribution in [0.3, 0.4) is 0 Å². The minimum absolute atomic E-state index is 0.0347. The Morgan fingerprint density at radius 1 is 1.36 bits per heavy atom. The molecule has 2 fully saturated rings. The smallest absolute Gasteiger partial charge is 0.312 e. The molecule has 2 saturated heterocycles. The molecule has 2 aliphatic heterocycles. The Bertz CT molecular complexity index is 215. The summed E-state index contributed by atoms with van der Waals surface area (Å²) in [5.74, 6) is -2.75. The number of hydrogen-bond acceptors (Lipinski definition) is 5. The molecule has 62 valence electrons. The van der Waals surface area contributed by atoms with Gasteiger partial charge in [0.1, 0.15) is 6.61 Å². The highest BCUT2D eigenvalue weighted by atomic mass is 17.3. The molecule has 2 bridgehead atoms. The van der Waals surface area contributed by atoms with Gasteiger partial charge < -0.3 is 4.74 Å². The zero-order valence-electron chi connectivity index (χ0n) is 6.25. The van der Waals surface area contributed by atoms with E-state index in [2.05, 4.69) is 9.78 Å². The first-order valence-electron chi connectivity index (χ1n) is 3.28. The van der Waals surface area contributed by atoms with Gasteiger partial charge in [0.15, 0.2) is 0 Å². The second kappa shape index (κ2) is 1.81. The zero-order chi connectivity index (χ0) is 8.11. The molecule has 2 aliphatic rings. The van der Waals surface area contributed by atoms with E-state index >= 15 is 0 Å². The molecule has 0 N–H and O–H groups in total. The van der Waals surface area contributed by atoms with Crippen molar-refractivity contribution in [2.75, 3.05) is 6.61 Å². The molecule has 2 atom stereocenters. The van der Waals surface area contributed by atoms with Crippen molar-refractivity contribution in [3.05, 3.63) is 0 Å².